The molecule has 0 fully saturated rings. The lowest BCUT2D eigenvalue weighted by molar-refractivity contribution is -0.637. The van der Waals surface area contributed by atoms with Gasteiger partial charge in [-0.3, -0.25) is 9.59 Å². The summed E-state index contributed by atoms with van der Waals surface area (Å²) in [4.78, 5) is 27.3. The van der Waals surface area contributed by atoms with Crippen LogP contribution in [0.15, 0.2) is 83.8 Å². The number of benzene rings is 4. The van der Waals surface area contributed by atoms with Crippen molar-refractivity contribution in [2.75, 3.05) is 10.6 Å². The third kappa shape index (κ3) is 4.45. The molecule has 5 rings (SSSR count). The molecule has 1 atom stereocenters. The van der Waals surface area contributed by atoms with Crippen LogP contribution in [0, 0.1) is 13.8 Å². The second-order valence-corrected chi connectivity index (χ2v) is 10.4. The van der Waals surface area contributed by atoms with Crippen LogP contribution in [0.1, 0.15) is 43.0 Å². The van der Waals surface area contributed by atoms with Gasteiger partial charge < -0.3 is 10.6 Å². The molecule has 185 valence electrons. The molecule has 0 saturated heterocycles. The number of carbonyl (C=O) groups is 2. The van der Waals surface area contributed by atoms with Gasteiger partial charge in [0.05, 0.1) is 31.3 Å². The highest BCUT2D eigenvalue weighted by Gasteiger charge is 2.41. The van der Waals surface area contributed by atoms with E-state index in [1.54, 1.807) is 55.5 Å². The molecule has 37 heavy (non-hydrogen) atoms. The van der Waals surface area contributed by atoms with Crippen LogP contribution in [0.5, 0.6) is 0 Å². The van der Waals surface area contributed by atoms with E-state index in [1.165, 1.54) is 6.07 Å². The Bertz CT molecular complexity index is 1620. The molecular weight excluding hydrogens is 490 g/mol. The van der Waals surface area contributed by atoms with E-state index in [0.717, 1.165) is 11.3 Å². The van der Waals surface area contributed by atoms with E-state index in [9.17, 15) is 18.4 Å². The number of hydrogen-bond acceptors (Lipinski definition) is 6. The molecule has 9 heteroatoms. The maximum Gasteiger partial charge on any atom is 0.484 e. The molecule has 4 aromatic carbocycles. The number of carbonyl (C=O) groups excluding carboxylic acids is 2. The fraction of sp³-hybridized carbons (Fsp3) is 0.0714. The molecule has 0 heterocycles. The Morgan fingerprint density at radius 2 is 1.22 bits per heavy atom. The van der Waals surface area contributed by atoms with Gasteiger partial charge >= 0.3 is 10.5 Å². The summed E-state index contributed by atoms with van der Waals surface area (Å²) in [5, 5.41) is 6.32. The van der Waals surface area contributed by atoms with Crippen LogP contribution in [0.25, 0.3) is 0 Å². The van der Waals surface area contributed by atoms with Gasteiger partial charge in [0.25, 0.3) is 4.90 Å². The molecule has 8 nitrogen and oxygen atoms in total. The van der Waals surface area contributed by atoms with E-state index >= 15 is 0 Å². The van der Waals surface area contributed by atoms with Gasteiger partial charge in [-0.25, -0.2) is 0 Å². The Morgan fingerprint density at radius 3 is 1.78 bits per heavy atom. The Hall–Kier alpha value is -4.15. The van der Waals surface area contributed by atoms with Crippen LogP contribution in [0.2, 0.25) is 0 Å². The molecule has 1 unspecified atom stereocenters. The summed E-state index contributed by atoms with van der Waals surface area (Å²) < 4.78 is 29.6. The molecule has 1 radical (unpaired) electrons. The fourth-order valence-electron chi connectivity index (χ4n) is 4.37. The molecule has 4 aromatic rings. The van der Waals surface area contributed by atoms with Crippen molar-refractivity contribution in [1.82, 2.24) is 0 Å². The molecular formula is C28H24N3O5S+2. The molecule has 1 aliphatic rings. The number of ketones is 2. The van der Waals surface area contributed by atoms with Crippen LogP contribution >= 0.6 is 0 Å². The molecule has 0 spiro atoms. The number of aryl methyl sites for hydroxylation is 2. The standard InChI is InChI=1S/C28H23N3O5S/c1-16-7-10-18(11-8-16)30-22-13-14-23(31-21-12-9-17(2)15-24(21)37(34,35)36-29)26-25(22)27(32)19-5-3-4-6-20(19)28(26)33/h3-15H,1-2,29H3,(H-,30,31,32,33,34)/q+1/p+1. The highest BCUT2D eigenvalue weighted by molar-refractivity contribution is 7.93. The van der Waals surface area contributed by atoms with E-state index in [0.29, 0.717) is 22.5 Å². The van der Waals surface area contributed by atoms with Crippen molar-refractivity contribution in [2.45, 2.75) is 18.7 Å². The van der Waals surface area contributed by atoms with Crippen LogP contribution in [-0.2, 0) is 23.5 Å². The first kappa shape index (κ1) is 24.5. The molecule has 1 aliphatic carbocycles. The van der Waals surface area contributed by atoms with Gasteiger partial charge in [0, 0.05) is 22.9 Å². The van der Waals surface area contributed by atoms with Crippen LogP contribution in [0.3, 0.4) is 0 Å². The van der Waals surface area contributed by atoms with Crippen LogP contribution in [0.4, 0.5) is 22.7 Å². The van der Waals surface area contributed by atoms with Crippen molar-refractivity contribution in [3.63, 3.8) is 0 Å². The van der Waals surface area contributed by atoms with Crippen LogP contribution < -0.4 is 16.5 Å². The van der Waals surface area contributed by atoms with Crippen molar-refractivity contribution >= 4 is 44.8 Å². The monoisotopic (exact) mass is 514 g/mol. The summed E-state index contributed by atoms with van der Waals surface area (Å²) >= 11 is 0. The zero-order valence-electron chi connectivity index (χ0n) is 20.2. The van der Waals surface area contributed by atoms with Crippen molar-refractivity contribution < 1.29 is 28.5 Å². The Balaban J connectivity index is 1.68. The molecule has 0 aliphatic heterocycles. The summed E-state index contributed by atoms with van der Waals surface area (Å²) in [6.07, 6.45) is 0. The average molecular weight is 515 g/mol. The number of anilines is 4. The average Bonchev–Trinajstić information content (AvgIpc) is 2.90. The second kappa shape index (κ2) is 9.38. The first-order chi connectivity index (χ1) is 17.7. The predicted molar refractivity (Wildman–Crippen MR) is 140 cm³/mol. The minimum atomic E-state index is -4.16. The van der Waals surface area contributed by atoms with E-state index < -0.39 is 10.5 Å². The Kier molecular flexibility index (Phi) is 6.22. The Morgan fingerprint density at radius 1 is 0.703 bits per heavy atom. The van der Waals surface area contributed by atoms with Crippen molar-refractivity contribution in [3.8, 4) is 0 Å². The quantitative estimate of drug-likeness (QED) is 0.219. The van der Waals surface area contributed by atoms with Gasteiger partial charge in [-0.2, -0.15) is 5.90 Å². The number of quaternary nitrogens is 1. The van der Waals surface area contributed by atoms with Gasteiger partial charge in [0.1, 0.15) is 5.69 Å². The smallest absolute Gasteiger partial charge is 0.355 e. The predicted octanol–water partition coefficient (Wildman–Crippen LogP) is 4.86. The third-order valence-electron chi connectivity index (χ3n) is 6.24. The summed E-state index contributed by atoms with van der Waals surface area (Å²) in [5.41, 5.74) is 4.45. The zero-order chi connectivity index (χ0) is 26.3. The molecule has 5 N–H and O–H groups in total. The molecule has 0 amide bonds. The highest BCUT2D eigenvalue weighted by Crippen LogP contribution is 2.40. The summed E-state index contributed by atoms with van der Waals surface area (Å²) in [6.45, 7) is 3.73. The number of fused-ring (bicyclic) bond motifs is 2. The zero-order valence-corrected chi connectivity index (χ0v) is 21.0. The third-order valence-corrected chi connectivity index (χ3v) is 7.42. The summed E-state index contributed by atoms with van der Waals surface area (Å²) in [6, 6.07) is 22.4. The topological polar surface area (TPSA) is 132 Å². The van der Waals surface area contributed by atoms with Crippen molar-refractivity contribution in [1.29, 1.82) is 0 Å². The van der Waals surface area contributed by atoms with E-state index in [2.05, 4.69) is 20.8 Å². The van der Waals surface area contributed by atoms with E-state index in [-0.39, 0.29) is 38.8 Å². The van der Waals surface area contributed by atoms with Gasteiger partial charge in [0.15, 0.2) is 11.6 Å². The summed E-state index contributed by atoms with van der Waals surface area (Å²) in [5.74, 6) is 2.42. The second-order valence-electron chi connectivity index (χ2n) is 8.80. The number of rotatable bonds is 6. The molecule has 0 saturated carbocycles. The SMILES string of the molecule is Cc1ccc(Nc2ccc(Nc3ccc(C)cc3[S+]([O])(=O)O[NH3+])c3c2C(=O)c2ccccc2C3=O)cc1. The Labute approximate surface area is 214 Å². The van der Waals surface area contributed by atoms with Crippen molar-refractivity contribution in [3.05, 3.63) is 112 Å². The van der Waals surface area contributed by atoms with Crippen LogP contribution in [-0.4, -0.2) is 11.6 Å². The fourth-order valence-corrected chi connectivity index (χ4v) is 5.22. The van der Waals surface area contributed by atoms with Gasteiger partial charge in [-0.1, -0.05) is 48.0 Å². The van der Waals surface area contributed by atoms with E-state index in [4.69, 9.17) is 0 Å². The first-order valence-corrected chi connectivity index (χ1v) is 12.9. The minimum absolute atomic E-state index is 0.131. The number of nitrogens with one attached hydrogen (secondary N) is 2. The minimum Gasteiger partial charge on any atom is -0.355 e. The maximum absolute atomic E-state index is 13.7. The lowest BCUT2D eigenvalue weighted by atomic mass is 9.82. The van der Waals surface area contributed by atoms with Gasteiger partial charge in [-0.15, -0.1) is 0 Å². The molecule has 0 aromatic heterocycles. The lowest BCUT2D eigenvalue weighted by Gasteiger charge is -2.24. The largest absolute Gasteiger partial charge is 0.484 e. The van der Waals surface area contributed by atoms with E-state index in [1.807, 2.05) is 31.2 Å². The van der Waals surface area contributed by atoms with Gasteiger partial charge in [0.2, 0.25) is 0 Å². The highest BCUT2D eigenvalue weighted by atomic mass is 32.3. The first-order valence-electron chi connectivity index (χ1n) is 11.4. The normalized spacial score (nSPS) is 13.9. The van der Waals surface area contributed by atoms with Crippen molar-refractivity contribution in [2.24, 2.45) is 0 Å². The summed E-state index contributed by atoms with van der Waals surface area (Å²) in [7, 11) is -4.16. The number of hydrogen-bond donors (Lipinski definition) is 3. The van der Waals surface area contributed by atoms with Gasteiger partial charge in [-0.05, 0) is 54.0 Å². The molecule has 0 bridgehead atoms. The lowest BCUT2D eigenvalue weighted by Crippen LogP contribution is -2.52. The maximum atomic E-state index is 13.7.